The van der Waals surface area contributed by atoms with Gasteiger partial charge in [-0.1, -0.05) is 42.1 Å². The summed E-state index contributed by atoms with van der Waals surface area (Å²) in [5.74, 6) is 0.402. The molecule has 0 unspecified atom stereocenters. The highest BCUT2D eigenvalue weighted by Gasteiger charge is 2.19. The lowest BCUT2D eigenvalue weighted by Gasteiger charge is -2.07. The number of aromatic nitrogens is 5. The molecule has 0 aliphatic carbocycles. The van der Waals surface area contributed by atoms with Gasteiger partial charge in [0.25, 0.3) is 5.78 Å². The van der Waals surface area contributed by atoms with Gasteiger partial charge in [-0.25, -0.2) is 14.5 Å². The number of hydrogen-bond acceptors (Lipinski definition) is 7. The number of benzene rings is 1. The van der Waals surface area contributed by atoms with E-state index in [2.05, 4.69) is 25.4 Å². The number of thioether (sulfide) groups is 1. The first-order chi connectivity index (χ1) is 13.5. The van der Waals surface area contributed by atoms with Crippen molar-refractivity contribution in [2.24, 2.45) is 0 Å². The van der Waals surface area contributed by atoms with E-state index in [1.165, 1.54) is 23.1 Å². The van der Waals surface area contributed by atoms with Gasteiger partial charge < -0.3 is 5.32 Å². The van der Waals surface area contributed by atoms with Crippen molar-refractivity contribution in [1.82, 2.24) is 24.6 Å². The van der Waals surface area contributed by atoms with Gasteiger partial charge in [0.2, 0.25) is 11.1 Å². The minimum absolute atomic E-state index is 0.140. The van der Waals surface area contributed by atoms with Crippen LogP contribution in [0.3, 0.4) is 0 Å². The zero-order chi connectivity index (χ0) is 19.7. The van der Waals surface area contributed by atoms with Crippen LogP contribution < -0.4 is 5.32 Å². The molecule has 3 aromatic heterocycles. The van der Waals surface area contributed by atoms with Crippen LogP contribution in [-0.4, -0.2) is 35.7 Å². The van der Waals surface area contributed by atoms with E-state index in [0.29, 0.717) is 16.1 Å². The fourth-order valence-electron chi connectivity index (χ4n) is 2.69. The molecule has 3 heterocycles. The Morgan fingerprint density at radius 3 is 2.75 bits per heavy atom. The molecule has 0 bridgehead atoms. The predicted molar refractivity (Wildman–Crippen MR) is 112 cm³/mol. The molecule has 0 fully saturated rings. The Bertz CT molecular complexity index is 1140. The van der Waals surface area contributed by atoms with Crippen molar-refractivity contribution in [1.29, 1.82) is 0 Å². The van der Waals surface area contributed by atoms with Crippen LogP contribution in [0, 0.1) is 13.8 Å². The van der Waals surface area contributed by atoms with Crippen LogP contribution in [0.1, 0.15) is 18.3 Å². The maximum atomic E-state index is 12.6. The van der Waals surface area contributed by atoms with Crippen molar-refractivity contribution in [2.75, 3.05) is 5.32 Å². The smallest absolute Gasteiger partial charge is 0.253 e. The number of hydrogen-bond donors (Lipinski definition) is 1. The molecular formula is C19H18N6OS2. The average Bonchev–Trinajstić information content (AvgIpc) is 3.29. The van der Waals surface area contributed by atoms with Gasteiger partial charge in [-0.2, -0.15) is 4.98 Å². The number of anilines is 1. The third-order valence-corrected chi connectivity index (χ3v) is 5.76. The number of nitrogens with zero attached hydrogens (tertiary/aromatic N) is 5. The third-order valence-electron chi connectivity index (χ3n) is 4.05. The van der Waals surface area contributed by atoms with Crippen LogP contribution in [0.4, 0.5) is 5.13 Å². The van der Waals surface area contributed by atoms with Crippen LogP contribution >= 0.6 is 23.1 Å². The zero-order valence-corrected chi connectivity index (χ0v) is 17.2. The Kier molecular flexibility index (Phi) is 5.10. The summed E-state index contributed by atoms with van der Waals surface area (Å²) in [7, 11) is 0. The highest BCUT2D eigenvalue weighted by Crippen LogP contribution is 2.26. The SMILES string of the molecule is Cc1cc(C)n2nc(S[C@@H](C)C(=O)Nc3nc(-c4ccccc4)cs3)nc2n1. The molecule has 1 aromatic carbocycles. The molecule has 4 aromatic rings. The van der Waals surface area contributed by atoms with Crippen molar-refractivity contribution in [3.05, 3.63) is 53.2 Å². The van der Waals surface area contributed by atoms with Crippen molar-refractivity contribution in [3.63, 3.8) is 0 Å². The summed E-state index contributed by atoms with van der Waals surface area (Å²) in [5, 5.41) is 9.97. The molecule has 28 heavy (non-hydrogen) atoms. The fourth-order valence-corrected chi connectivity index (χ4v) is 4.16. The summed E-state index contributed by atoms with van der Waals surface area (Å²) < 4.78 is 1.69. The average molecular weight is 411 g/mol. The number of aryl methyl sites for hydroxylation is 2. The number of thiazole rings is 1. The summed E-state index contributed by atoms with van der Waals surface area (Å²) in [4.78, 5) is 25.8. The molecule has 7 nitrogen and oxygen atoms in total. The lowest BCUT2D eigenvalue weighted by molar-refractivity contribution is -0.115. The Labute approximate surface area is 170 Å². The second-order valence-electron chi connectivity index (χ2n) is 6.30. The number of nitrogens with one attached hydrogen (secondary N) is 1. The molecule has 0 spiro atoms. The molecule has 0 radical (unpaired) electrons. The summed E-state index contributed by atoms with van der Waals surface area (Å²) in [6, 6.07) is 11.8. The van der Waals surface area contributed by atoms with Gasteiger partial charge in [0.15, 0.2) is 5.13 Å². The number of carbonyl (C=O) groups excluding carboxylic acids is 1. The van der Waals surface area contributed by atoms with E-state index in [4.69, 9.17) is 0 Å². The van der Waals surface area contributed by atoms with Crippen molar-refractivity contribution >= 4 is 39.9 Å². The number of rotatable bonds is 5. The Morgan fingerprint density at radius 2 is 1.96 bits per heavy atom. The molecule has 0 aliphatic heterocycles. The minimum atomic E-state index is -0.372. The second-order valence-corrected chi connectivity index (χ2v) is 8.46. The van der Waals surface area contributed by atoms with Crippen molar-refractivity contribution in [2.45, 2.75) is 31.2 Å². The molecule has 142 valence electrons. The molecule has 0 saturated heterocycles. The van der Waals surface area contributed by atoms with Crippen LogP contribution in [-0.2, 0) is 4.79 Å². The lowest BCUT2D eigenvalue weighted by atomic mass is 10.2. The summed E-state index contributed by atoms with van der Waals surface area (Å²) in [6.45, 7) is 5.69. The zero-order valence-electron chi connectivity index (χ0n) is 15.6. The minimum Gasteiger partial charge on any atom is -0.301 e. The van der Waals surface area contributed by atoms with E-state index >= 15 is 0 Å². The first-order valence-electron chi connectivity index (χ1n) is 8.69. The van der Waals surface area contributed by atoms with Gasteiger partial charge in [0, 0.05) is 22.3 Å². The van der Waals surface area contributed by atoms with Gasteiger partial charge in [-0.05, 0) is 26.8 Å². The topological polar surface area (TPSA) is 85.1 Å². The van der Waals surface area contributed by atoms with Crippen molar-refractivity contribution < 1.29 is 4.79 Å². The summed E-state index contributed by atoms with van der Waals surface area (Å²) in [5.41, 5.74) is 3.71. The fraction of sp³-hybridized carbons (Fsp3) is 0.211. The number of carbonyl (C=O) groups is 1. The maximum Gasteiger partial charge on any atom is 0.253 e. The first-order valence-corrected chi connectivity index (χ1v) is 10.4. The molecule has 9 heteroatoms. The van der Waals surface area contributed by atoms with Crippen LogP contribution in [0.5, 0.6) is 0 Å². The summed E-state index contributed by atoms with van der Waals surface area (Å²) in [6.07, 6.45) is 0. The van der Waals surface area contributed by atoms with E-state index in [1.54, 1.807) is 4.52 Å². The highest BCUT2D eigenvalue weighted by molar-refractivity contribution is 8.00. The van der Waals surface area contributed by atoms with Crippen molar-refractivity contribution in [3.8, 4) is 11.3 Å². The van der Waals surface area contributed by atoms with Gasteiger partial charge in [0.1, 0.15) is 0 Å². The van der Waals surface area contributed by atoms with E-state index in [0.717, 1.165) is 22.6 Å². The van der Waals surface area contributed by atoms with Gasteiger partial charge in [0.05, 0.1) is 10.9 Å². The van der Waals surface area contributed by atoms with E-state index < -0.39 is 0 Å². The Balaban J connectivity index is 1.44. The molecule has 0 saturated carbocycles. The monoisotopic (exact) mass is 410 g/mol. The molecule has 0 aliphatic rings. The summed E-state index contributed by atoms with van der Waals surface area (Å²) >= 11 is 2.70. The second kappa shape index (κ2) is 7.69. The molecule has 1 atom stereocenters. The highest BCUT2D eigenvalue weighted by atomic mass is 32.2. The first kappa shape index (κ1) is 18.6. The Hall–Kier alpha value is -2.78. The largest absolute Gasteiger partial charge is 0.301 e. The van der Waals surface area contributed by atoms with Crippen LogP contribution in [0.25, 0.3) is 17.0 Å². The van der Waals surface area contributed by atoms with E-state index in [1.807, 2.05) is 62.5 Å². The quantitative estimate of drug-likeness (QED) is 0.501. The van der Waals surface area contributed by atoms with E-state index in [9.17, 15) is 4.79 Å². The van der Waals surface area contributed by atoms with Gasteiger partial charge in [-0.3, -0.25) is 4.79 Å². The number of fused-ring (bicyclic) bond motifs is 1. The van der Waals surface area contributed by atoms with E-state index in [-0.39, 0.29) is 11.2 Å². The normalized spacial score (nSPS) is 12.2. The standard InChI is InChI=1S/C19H18N6OS2/c1-11-9-12(2)25-17(20-11)23-19(24-25)28-13(3)16(26)22-18-21-15(10-27-18)14-7-5-4-6-8-14/h4-10,13H,1-3H3,(H,21,22,26)/t13-/m0/s1. The van der Waals surface area contributed by atoms with Crippen LogP contribution in [0.15, 0.2) is 46.9 Å². The van der Waals surface area contributed by atoms with Crippen LogP contribution in [0.2, 0.25) is 0 Å². The predicted octanol–water partition coefficient (Wildman–Crippen LogP) is 3.98. The van der Waals surface area contributed by atoms with Gasteiger partial charge in [-0.15, -0.1) is 16.4 Å². The molecule has 1 N–H and O–H groups in total. The Morgan fingerprint density at radius 1 is 1.18 bits per heavy atom. The molecular weight excluding hydrogens is 392 g/mol. The lowest BCUT2D eigenvalue weighted by Crippen LogP contribution is -2.22. The maximum absolute atomic E-state index is 12.6. The molecule has 1 amide bonds. The molecule has 4 rings (SSSR count). The third kappa shape index (κ3) is 3.90. The number of amides is 1. The van der Waals surface area contributed by atoms with Gasteiger partial charge >= 0.3 is 0 Å².